The number of aliphatic hydroxyl groups excluding tert-OH is 1. The number of rotatable bonds is 1. The average molecular weight is 187 g/mol. The van der Waals surface area contributed by atoms with Crippen LogP contribution >= 0.6 is 11.6 Å². The first-order valence-corrected chi connectivity index (χ1v) is 4.48. The molecule has 0 unspecified atom stereocenters. The zero-order valence-corrected chi connectivity index (χ0v) is 8.52. The molecule has 0 aliphatic rings. The molecule has 0 spiro atoms. The van der Waals surface area contributed by atoms with Gasteiger partial charge in [-0.25, -0.2) is 0 Å². The molecule has 0 aliphatic carbocycles. The van der Waals surface area contributed by atoms with E-state index in [0.717, 1.165) is 11.1 Å². The van der Waals surface area contributed by atoms with Gasteiger partial charge in [-0.3, -0.25) is 0 Å². The summed E-state index contributed by atoms with van der Waals surface area (Å²) in [5.41, 5.74) is 1.86. The Hall–Kier alpha value is -0.530. The molecule has 0 bridgehead atoms. The van der Waals surface area contributed by atoms with E-state index in [1.807, 2.05) is 32.9 Å². The molecule has 2 heteroatoms. The van der Waals surface area contributed by atoms with E-state index in [0.29, 0.717) is 5.02 Å². The predicted molar refractivity (Wildman–Crippen MR) is 53.5 cm³/mol. The highest BCUT2D eigenvalue weighted by atomic mass is 35.5. The van der Waals surface area contributed by atoms with E-state index >= 15 is 0 Å². The summed E-state index contributed by atoms with van der Waals surface area (Å²) in [6.07, 6.45) is 0. The van der Waals surface area contributed by atoms with Crippen LogP contribution in [-0.4, -0.2) is 5.11 Å². The molecule has 0 atom stereocenters. The lowest BCUT2D eigenvalue weighted by Gasteiger charge is -2.02. The van der Waals surface area contributed by atoms with Gasteiger partial charge in [0.15, 0.2) is 0 Å². The molecule has 0 heterocycles. The molecule has 68 valence electrons. The van der Waals surface area contributed by atoms with Gasteiger partial charge in [0, 0.05) is 5.02 Å². The van der Waals surface area contributed by atoms with Crippen LogP contribution in [0.15, 0.2) is 18.2 Å². The minimum Gasteiger partial charge on any atom is -0.392 e. The largest absolute Gasteiger partial charge is 0.392 e. The van der Waals surface area contributed by atoms with E-state index in [-0.39, 0.29) is 6.61 Å². The summed E-state index contributed by atoms with van der Waals surface area (Å²) < 4.78 is 0. The molecule has 1 aromatic rings. The Bertz CT molecular complexity index is 213. The van der Waals surface area contributed by atoms with Crippen LogP contribution in [0.1, 0.15) is 25.0 Å². The zero-order valence-electron chi connectivity index (χ0n) is 7.76. The van der Waals surface area contributed by atoms with Crippen molar-refractivity contribution in [2.24, 2.45) is 0 Å². The second kappa shape index (κ2) is 6.04. The number of halogens is 1. The fraction of sp³-hybridized carbons (Fsp3) is 0.400. The molecular weight excluding hydrogens is 172 g/mol. The lowest BCUT2D eigenvalue weighted by Crippen LogP contribution is -1.88. The van der Waals surface area contributed by atoms with Gasteiger partial charge >= 0.3 is 0 Å². The molecule has 1 nitrogen and oxygen atoms in total. The van der Waals surface area contributed by atoms with Crippen molar-refractivity contribution in [2.45, 2.75) is 27.4 Å². The maximum atomic E-state index is 8.81. The molecule has 1 rings (SSSR count). The molecule has 1 N–H and O–H groups in total. The van der Waals surface area contributed by atoms with Gasteiger partial charge in [-0.05, 0) is 24.1 Å². The molecule has 1 aromatic carbocycles. The van der Waals surface area contributed by atoms with Crippen molar-refractivity contribution in [3.05, 3.63) is 34.3 Å². The van der Waals surface area contributed by atoms with Gasteiger partial charge in [0.1, 0.15) is 0 Å². The molecule has 0 saturated carbocycles. The van der Waals surface area contributed by atoms with Gasteiger partial charge in [0.05, 0.1) is 6.61 Å². The first kappa shape index (κ1) is 11.5. The summed E-state index contributed by atoms with van der Waals surface area (Å²) in [7, 11) is 0. The fourth-order valence-corrected chi connectivity index (χ4v) is 1.15. The number of hydrogen-bond donors (Lipinski definition) is 1. The van der Waals surface area contributed by atoms with Crippen molar-refractivity contribution in [3.63, 3.8) is 0 Å². The van der Waals surface area contributed by atoms with Crippen LogP contribution in [0.4, 0.5) is 0 Å². The average Bonchev–Trinajstić information content (AvgIpc) is 2.08. The van der Waals surface area contributed by atoms with E-state index in [9.17, 15) is 0 Å². The Labute approximate surface area is 79.0 Å². The highest BCUT2D eigenvalue weighted by molar-refractivity contribution is 6.31. The Morgan fingerprint density at radius 3 is 2.25 bits per heavy atom. The first-order chi connectivity index (χ1) is 5.75. The zero-order chi connectivity index (χ0) is 9.56. The SMILES string of the molecule is CC.Cc1cccc(Cl)c1CO. The lowest BCUT2D eigenvalue weighted by atomic mass is 10.1. The predicted octanol–water partition coefficient (Wildman–Crippen LogP) is 3.17. The lowest BCUT2D eigenvalue weighted by molar-refractivity contribution is 0.281. The number of hydrogen-bond acceptors (Lipinski definition) is 1. The van der Waals surface area contributed by atoms with E-state index in [1.165, 1.54) is 0 Å². The van der Waals surface area contributed by atoms with Gasteiger partial charge < -0.3 is 5.11 Å². The quantitative estimate of drug-likeness (QED) is 0.715. The maximum Gasteiger partial charge on any atom is 0.0698 e. The van der Waals surface area contributed by atoms with Crippen molar-refractivity contribution >= 4 is 11.6 Å². The van der Waals surface area contributed by atoms with Crippen molar-refractivity contribution in [1.29, 1.82) is 0 Å². The molecule has 0 amide bonds. The van der Waals surface area contributed by atoms with E-state index in [1.54, 1.807) is 6.07 Å². The van der Waals surface area contributed by atoms with Crippen molar-refractivity contribution in [2.75, 3.05) is 0 Å². The summed E-state index contributed by atoms with van der Waals surface area (Å²) in [6.45, 7) is 5.95. The van der Waals surface area contributed by atoms with Crippen LogP contribution in [0.3, 0.4) is 0 Å². The minimum absolute atomic E-state index is 0.0194. The van der Waals surface area contributed by atoms with E-state index in [4.69, 9.17) is 16.7 Å². The fourth-order valence-electron chi connectivity index (χ4n) is 0.867. The Balaban J connectivity index is 0.000000561. The molecular formula is C10H15ClO. The summed E-state index contributed by atoms with van der Waals surface area (Å²) >= 11 is 5.77. The third-order valence-corrected chi connectivity index (χ3v) is 1.87. The van der Waals surface area contributed by atoms with Crippen LogP contribution in [0.5, 0.6) is 0 Å². The summed E-state index contributed by atoms with van der Waals surface area (Å²) in [5.74, 6) is 0. The molecule has 0 fully saturated rings. The number of benzene rings is 1. The standard InChI is InChI=1S/C8H9ClO.C2H6/c1-6-3-2-4-8(9)7(6)5-10;1-2/h2-4,10H,5H2,1H3;1-2H3. The Kier molecular flexibility index (Phi) is 5.77. The minimum atomic E-state index is 0.0194. The normalized spacial score (nSPS) is 8.75. The molecule has 0 aromatic heterocycles. The highest BCUT2D eigenvalue weighted by Crippen LogP contribution is 2.18. The highest BCUT2D eigenvalue weighted by Gasteiger charge is 1.99. The van der Waals surface area contributed by atoms with Gasteiger partial charge in [0.25, 0.3) is 0 Å². The van der Waals surface area contributed by atoms with Gasteiger partial charge in [0.2, 0.25) is 0 Å². The summed E-state index contributed by atoms with van der Waals surface area (Å²) in [5, 5.41) is 9.46. The van der Waals surface area contributed by atoms with Crippen LogP contribution in [-0.2, 0) is 6.61 Å². The van der Waals surface area contributed by atoms with Gasteiger partial charge in [-0.15, -0.1) is 0 Å². The second-order valence-corrected chi connectivity index (χ2v) is 2.60. The van der Waals surface area contributed by atoms with Crippen molar-refractivity contribution in [3.8, 4) is 0 Å². The van der Waals surface area contributed by atoms with Crippen LogP contribution in [0.25, 0.3) is 0 Å². The smallest absolute Gasteiger partial charge is 0.0698 e. The first-order valence-electron chi connectivity index (χ1n) is 4.10. The third kappa shape index (κ3) is 2.84. The number of aliphatic hydroxyl groups is 1. The van der Waals surface area contributed by atoms with Crippen LogP contribution in [0, 0.1) is 6.92 Å². The van der Waals surface area contributed by atoms with Crippen molar-refractivity contribution < 1.29 is 5.11 Å². The van der Waals surface area contributed by atoms with Crippen molar-refractivity contribution in [1.82, 2.24) is 0 Å². The summed E-state index contributed by atoms with van der Waals surface area (Å²) in [6, 6.07) is 5.58. The van der Waals surface area contributed by atoms with Gasteiger partial charge in [-0.1, -0.05) is 37.6 Å². The Morgan fingerprint density at radius 1 is 1.33 bits per heavy atom. The topological polar surface area (TPSA) is 20.2 Å². The molecule has 0 saturated heterocycles. The van der Waals surface area contributed by atoms with E-state index in [2.05, 4.69) is 0 Å². The number of aryl methyl sites for hydroxylation is 1. The van der Waals surface area contributed by atoms with Gasteiger partial charge in [-0.2, -0.15) is 0 Å². The summed E-state index contributed by atoms with van der Waals surface area (Å²) in [4.78, 5) is 0. The third-order valence-electron chi connectivity index (χ3n) is 1.51. The Morgan fingerprint density at radius 2 is 1.92 bits per heavy atom. The molecule has 0 radical (unpaired) electrons. The monoisotopic (exact) mass is 186 g/mol. The van der Waals surface area contributed by atoms with E-state index < -0.39 is 0 Å². The van der Waals surface area contributed by atoms with Crippen LogP contribution in [0.2, 0.25) is 5.02 Å². The maximum absolute atomic E-state index is 8.81. The van der Waals surface area contributed by atoms with Crippen LogP contribution < -0.4 is 0 Å². The molecule has 12 heavy (non-hydrogen) atoms. The molecule has 0 aliphatic heterocycles. The second-order valence-electron chi connectivity index (χ2n) is 2.19.